The van der Waals surface area contributed by atoms with E-state index in [-0.39, 0.29) is 18.3 Å². The van der Waals surface area contributed by atoms with Gasteiger partial charge < -0.3 is 15.6 Å². The number of nitrogens with one attached hydrogen (secondary N) is 1. The number of rotatable bonds is 7. The molecule has 0 fully saturated rings. The van der Waals surface area contributed by atoms with Crippen LogP contribution in [0.25, 0.3) is 0 Å². The normalized spacial score (nSPS) is 13.4. The van der Waals surface area contributed by atoms with Gasteiger partial charge in [0.2, 0.25) is 5.91 Å². The van der Waals surface area contributed by atoms with E-state index in [2.05, 4.69) is 10.5 Å². The molecular weight excluding hydrogens is 278 g/mol. The van der Waals surface area contributed by atoms with E-state index in [1.807, 2.05) is 20.8 Å². The van der Waals surface area contributed by atoms with Gasteiger partial charge in [-0.25, -0.2) is 0 Å². The molecule has 1 amide bonds. The van der Waals surface area contributed by atoms with Gasteiger partial charge in [-0.3, -0.25) is 4.79 Å². The van der Waals surface area contributed by atoms with Gasteiger partial charge in [-0.2, -0.15) is 0 Å². The number of hydrogen-bond acceptors (Lipinski definition) is 4. The van der Waals surface area contributed by atoms with Gasteiger partial charge in [0.1, 0.15) is 5.76 Å². The average molecular weight is 304 g/mol. The van der Waals surface area contributed by atoms with Crippen LogP contribution in [-0.4, -0.2) is 16.6 Å². The molecule has 0 saturated heterocycles. The molecule has 1 atom stereocenters. The van der Waals surface area contributed by atoms with Crippen molar-refractivity contribution in [1.29, 1.82) is 0 Å². The highest BCUT2D eigenvalue weighted by molar-refractivity contribution is 5.85. The molecule has 0 aliphatic heterocycles. The lowest BCUT2D eigenvalue weighted by Gasteiger charge is -2.22. The Balaban J connectivity index is 0.00000361. The Morgan fingerprint density at radius 2 is 2.00 bits per heavy atom. The van der Waals surface area contributed by atoms with Crippen LogP contribution >= 0.6 is 12.4 Å². The number of nitrogens with two attached hydrogens (primary N) is 1. The van der Waals surface area contributed by atoms with Crippen LogP contribution in [0.3, 0.4) is 0 Å². The molecule has 0 spiro atoms. The number of aryl methyl sites for hydroxylation is 2. The van der Waals surface area contributed by atoms with Crippen LogP contribution < -0.4 is 11.1 Å². The maximum Gasteiger partial charge on any atom is 0.240 e. The SMILES string of the molecule is CCCC(C)(N)C(=O)NCc1c(CC)noc1CC.Cl. The van der Waals surface area contributed by atoms with Crippen molar-refractivity contribution >= 4 is 18.3 Å². The average Bonchev–Trinajstić information content (AvgIpc) is 2.77. The second-order valence-corrected chi connectivity index (χ2v) is 5.09. The lowest BCUT2D eigenvalue weighted by Crippen LogP contribution is -2.51. The minimum Gasteiger partial charge on any atom is -0.361 e. The quantitative estimate of drug-likeness (QED) is 0.810. The van der Waals surface area contributed by atoms with Gasteiger partial charge in [0.25, 0.3) is 0 Å². The summed E-state index contributed by atoms with van der Waals surface area (Å²) >= 11 is 0. The first-order chi connectivity index (χ1) is 8.96. The standard InChI is InChI=1S/C14H25N3O2.ClH/c1-5-8-14(4,15)13(18)16-9-10-11(6-2)17-19-12(10)7-3;/h5-9,15H2,1-4H3,(H,16,18);1H. The molecule has 1 aromatic heterocycles. The lowest BCUT2D eigenvalue weighted by atomic mass is 9.96. The summed E-state index contributed by atoms with van der Waals surface area (Å²) in [5.41, 5.74) is 7.09. The van der Waals surface area contributed by atoms with Crippen LogP contribution in [0.15, 0.2) is 4.52 Å². The molecule has 20 heavy (non-hydrogen) atoms. The lowest BCUT2D eigenvalue weighted by molar-refractivity contribution is -0.126. The third-order valence-corrected chi connectivity index (χ3v) is 3.32. The number of halogens is 1. The fraction of sp³-hybridized carbons (Fsp3) is 0.714. The summed E-state index contributed by atoms with van der Waals surface area (Å²) < 4.78 is 5.27. The van der Waals surface area contributed by atoms with Crippen LogP contribution in [0.5, 0.6) is 0 Å². The topological polar surface area (TPSA) is 81.2 Å². The van der Waals surface area contributed by atoms with Crippen LogP contribution in [0.4, 0.5) is 0 Å². The molecule has 6 heteroatoms. The van der Waals surface area contributed by atoms with Gasteiger partial charge in [0, 0.05) is 18.5 Å². The van der Waals surface area contributed by atoms with E-state index in [4.69, 9.17) is 10.3 Å². The second-order valence-electron chi connectivity index (χ2n) is 5.09. The van der Waals surface area contributed by atoms with Crippen LogP contribution in [-0.2, 0) is 24.2 Å². The number of carbonyl (C=O) groups excluding carboxylic acids is 1. The Kier molecular flexibility index (Phi) is 7.83. The fourth-order valence-corrected chi connectivity index (χ4v) is 2.14. The molecule has 0 bridgehead atoms. The van der Waals surface area contributed by atoms with Crippen LogP contribution in [0.1, 0.15) is 57.6 Å². The van der Waals surface area contributed by atoms with Gasteiger partial charge in [0.15, 0.2) is 0 Å². The summed E-state index contributed by atoms with van der Waals surface area (Å²) in [5.74, 6) is 0.714. The van der Waals surface area contributed by atoms with Gasteiger partial charge in [-0.1, -0.05) is 32.3 Å². The first-order valence-electron chi connectivity index (χ1n) is 6.99. The first-order valence-corrected chi connectivity index (χ1v) is 6.99. The Morgan fingerprint density at radius 1 is 1.35 bits per heavy atom. The molecule has 0 aliphatic carbocycles. The molecular formula is C14H26ClN3O2. The van der Waals surface area contributed by atoms with Gasteiger partial charge in [0.05, 0.1) is 11.2 Å². The maximum absolute atomic E-state index is 12.1. The van der Waals surface area contributed by atoms with Gasteiger partial charge in [-0.05, 0) is 19.8 Å². The molecule has 1 unspecified atom stereocenters. The molecule has 0 aromatic carbocycles. The maximum atomic E-state index is 12.1. The molecule has 3 N–H and O–H groups in total. The summed E-state index contributed by atoms with van der Waals surface area (Å²) in [6.45, 7) is 8.25. The zero-order valence-corrected chi connectivity index (χ0v) is 13.6. The second kappa shape index (κ2) is 8.27. The van der Waals surface area contributed by atoms with Crippen LogP contribution in [0, 0.1) is 0 Å². The summed E-state index contributed by atoms with van der Waals surface area (Å²) in [6, 6.07) is 0. The molecule has 0 aliphatic rings. The number of carbonyl (C=O) groups is 1. The van der Waals surface area contributed by atoms with Crippen molar-refractivity contribution < 1.29 is 9.32 Å². The van der Waals surface area contributed by atoms with E-state index >= 15 is 0 Å². The summed E-state index contributed by atoms with van der Waals surface area (Å²) in [6.07, 6.45) is 3.12. The van der Waals surface area contributed by atoms with Crippen molar-refractivity contribution in [2.45, 2.75) is 65.5 Å². The van der Waals surface area contributed by atoms with Gasteiger partial charge in [-0.15, -0.1) is 12.4 Å². The minimum atomic E-state index is -0.815. The Hall–Kier alpha value is -1.07. The van der Waals surface area contributed by atoms with Crippen molar-refractivity contribution in [3.8, 4) is 0 Å². The monoisotopic (exact) mass is 303 g/mol. The largest absolute Gasteiger partial charge is 0.361 e. The molecule has 5 nitrogen and oxygen atoms in total. The van der Waals surface area contributed by atoms with E-state index < -0.39 is 5.54 Å². The zero-order chi connectivity index (χ0) is 14.5. The van der Waals surface area contributed by atoms with Crippen molar-refractivity contribution in [1.82, 2.24) is 10.5 Å². The molecule has 1 aromatic rings. The van der Waals surface area contributed by atoms with Crippen molar-refractivity contribution in [3.05, 3.63) is 17.0 Å². The van der Waals surface area contributed by atoms with E-state index in [1.54, 1.807) is 6.92 Å². The summed E-state index contributed by atoms with van der Waals surface area (Å²) in [4.78, 5) is 12.1. The van der Waals surface area contributed by atoms with Crippen molar-refractivity contribution in [2.75, 3.05) is 0 Å². The van der Waals surface area contributed by atoms with Gasteiger partial charge >= 0.3 is 0 Å². The van der Waals surface area contributed by atoms with Crippen LogP contribution in [0.2, 0.25) is 0 Å². The number of aromatic nitrogens is 1. The first kappa shape index (κ1) is 18.9. The predicted molar refractivity (Wildman–Crippen MR) is 81.9 cm³/mol. The zero-order valence-electron chi connectivity index (χ0n) is 12.8. The van der Waals surface area contributed by atoms with E-state index in [1.165, 1.54) is 0 Å². The molecule has 1 heterocycles. The summed E-state index contributed by atoms with van der Waals surface area (Å²) in [5, 5.41) is 6.92. The molecule has 0 radical (unpaired) electrons. The molecule has 0 saturated carbocycles. The summed E-state index contributed by atoms with van der Waals surface area (Å²) in [7, 11) is 0. The Bertz CT molecular complexity index is 409. The van der Waals surface area contributed by atoms with E-state index in [0.717, 1.165) is 36.3 Å². The number of nitrogens with zero attached hydrogens (tertiary/aromatic N) is 1. The third kappa shape index (κ3) is 4.49. The Labute approximate surface area is 127 Å². The minimum absolute atomic E-state index is 0. The van der Waals surface area contributed by atoms with E-state index in [9.17, 15) is 4.79 Å². The fourth-order valence-electron chi connectivity index (χ4n) is 2.14. The van der Waals surface area contributed by atoms with E-state index in [0.29, 0.717) is 13.0 Å². The highest BCUT2D eigenvalue weighted by Gasteiger charge is 2.27. The Morgan fingerprint density at radius 3 is 2.50 bits per heavy atom. The number of amides is 1. The number of hydrogen-bond donors (Lipinski definition) is 2. The smallest absolute Gasteiger partial charge is 0.240 e. The third-order valence-electron chi connectivity index (χ3n) is 3.32. The molecule has 1 rings (SSSR count). The highest BCUT2D eigenvalue weighted by atomic mass is 35.5. The molecule has 116 valence electrons. The predicted octanol–water partition coefficient (Wildman–Crippen LogP) is 2.35. The highest BCUT2D eigenvalue weighted by Crippen LogP contribution is 2.16. The van der Waals surface area contributed by atoms with Crippen molar-refractivity contribution in [2.24, 2.45) is 5.73 Å². The van der Waals surface area contributed by atoms with Crippen molar-refractivity contribution in [3.63, 3.8) is 0 Å².